The largest absolute Gasteiger partial charge is 0.342 e. The van der Waals surface area contributed by atoms with Crippen LogP contribution in [-0.2, 0) is 4.79 Å². The fraction of sp³-hybridized carbons (Fsp3) is 0.316. The van der Waals surface area contributed by atoms with E-state index in [9.17, 15) is 4.79 Å². The number of hydrogen-bond donors (Lipinski definition) is 0. The van der Waals surface area contributed by atoms with Gasteiger partial charge in [-0.25, -0.2) is 0 Å². The zero-order valence-electron chi connectivity index (χ0n) is 14.2. The first kappa shape index (κ1) is 17.3. The summed E-state index contributed by atoms with van der Waals surface area (Å²) in [5.41, 5.74) is 0.956. The highest BCUT2D eigenvalue weighted by Gasteiger charge is 2.30. The van der Waals surface area contributed by atoms with Gasteiger partial charge in [-0.3, -0.25) is 4.79 Å². The second-order valence-corrected chi connectivity index (χ2v) is 8.15. The Balaban J connectivity index is 1.28. The van der Waals surface area contributed by atoms with Crippen molar-refractivity contribution in [3.8, 4) is 11.5 Å². The minimum Gasteiger partial charge on any atom is -0.342 e. The molecule has 0 radical (unpaired) electrons. The van der Waals surface area contributed by atoms with Crippen LogP contribution in [0.2, 0.25) is 0 Å². The molecule has 7 heteroatoms. The van der Waals surface area contributed by atoms with Gasteiger partial charge >= 0.3 is 0 Å². The minimum absolute atomic E-state index is 0.164. The molecule has 5 nitrogen and oxygen atoms in total. The summed E-state index contributed by atoms with van der Waals surface area (Å²) < 4.78 is 5.37. The van der Waals surface area contributed by atoms with Crippen molar-refractivity contribution in [2.45, 2.75) is 23.7 Å². The lowest BCUT2D eigenvalue weighted by atomic mass is 10.1. The number of thiophene rings is 1. The molecule has 1 aliphatic heterocycles. The maximum atomic E-state index is 12.5. The van der Waals surface area contributed by atoms with Crippen molar-refractivity contribution < 1.29 is 9.32 Å². The Morgan fingerprint density at radius 2 is 2.19 bits per heavy atom. The fourth-order valence-corrected chi connectivity index (χ4v) is 4.52. The van der Waals surface area contributed by atoms with Gasteiger partial charge < -0.3 is 9.42 Å². The van der Waals surface area contributed by atoms with Gasteiger partial charge in [0.2, 0.25) is 5.91 Å². The quantitative estimate of drug-likeness (QED) is 0.592. The Labute approximate surface area is 160 Å². The van der Waals surface area contributed by atoms with Crippen molar-refractivity contribution >= 4 is 29.0 Å². The number of hydrogen-bond acceptors (Lipinski definition) is 6. The van der Waals surface area contributed by atoms with E-state index in [-0.39, 0.29) is 11.8 Å². The van der Waals surface area contributed by atoms with E-state index in [0.29, 0.717) is 24.7 Å². The van der Waals surface area contributed by atoms with Gasteiger partial charge in [-0.05, 0) is 30.0 Å². The van der Waals surface area contributed by atoms with E-state index in [0.717, 1.165) is 24.3 Å². The Kier molecular flexibility index (Phi) is 5.36. The van der Waals surface area contributed by atoms with Crippen LogP contribution in [0.25, 0.3) is 11.5 Å². The van der Waals surface area contributed by atoms with E-state index in [1.807, 2.05) is 39.9 Å². The monoisotopic (exact) mass is 385 g/mol. The van der Waals surface area contributed by atoms with Crippen LogP contribution >= 0.6 is 23.1 Å². The summed E-state index contributed by atoms with van der Waals surface area (Å²) in [5, 5.41) is 8.11. The predicted molar refractivity (Wildman–Crippen MR) is 103 cm³/mol. The Bertz CT molecular complexity index is 849. The number of thioether (sulfide) groups is 1. The number of carbonyl (C=O) groups excluding carboxylic acids is 1. The number of amides is 1. The van der Waals surface area contributed by atoms with E-state index in [1.54, 1.807) is 23.1 Å². The molecule has 134 valence electrons. The predicted octanol–water partition coefficient (Wildman–Crippen LogP) is 4.30. The molecule has 1 unspecified atom stereocenters. The van der Waals surface area contributed by atoms with Crippen molar-refractivity contribution in [2.24, 2.45) is 0 Å². The van der Waals surface area contributed by atoms with Gasteiger partial charge in [0.25, 0.3) is 5.89 Å². The zero-order valence-corrected chi connectivity index (χ0v) is 15.8. The summed E-state index contributed by atoms with van der Waals surface area (Å²) >= 11 is 3.32. The van der Waals surface area contributed by atoms with Gasteiger partial charge in [-0.15, -0.1) is 11.8 Å². The highest BCUT2D eigenvalue weighted by Crippen LogP contribution is 2.28. The lowest BCUT2D eigenvalue weighted by molar-refractivity contribution is -0.129. The molecule has 3 aromatic rings. The summed E-state index contributed by atoms with van der Waals surface area (Å²) in [5.74, 6) is 2.44. The van der Waals surface area contributed by atoms with Gasteiger partial charge in [0, 0.05) is 41.5 Å². The van der Waals surface area contributed by atoms with Gasteiger partial charge in [0.1, 0.15) is 0 Å². The number of benzene rings is 1. The first-order chi connectivity index (χ1) is 12.8. The normalized spacial score (nSPS) is 16.9. The SMILES string of the molecule is O=C(CCSc1ccccc1)N1CCC(c2noc(-c3ccsc3)n2)C1. The summed E-state index contributed by atoms with van der Waals surface area (Å²) in [7, 11) is 0. The molecule has 1 amide bonds. The number of carbonyl (C=O) groups is 1. The van der Waals surface area contributed by atoms with Crippen LogP contribution in [0.3, 0.4) is 0 Å². The molecular formula is C19H19N3O2S2. The second kappa shape index (κ2) is 8.05. The van der Waals surface area contributed by atoms with Crippen LogP contribution < -0.4 is 0 Å². The Hall–Kier alpha value is -2.12. The standard InChI is InChI=1S/C19H19N3O2S2/c23-17(8-11-26-16-4-2-1-3-5-16)22-9-6-14(12-22)18-20-19(24-21-18)15-7-10-25-13-15/h1-5,7,10,13-14H,6,8-9,11-12H2. The van der Waals surface area contributed by atoms with Crippen LogP contribution in [0.1, 0.15) is 24.6 Å². The van der Waals surface area contributed by atoms with Crippen LogP contribution in [-0.4, -0.2) is 39.8 Å². The third-order valence-electron chi connectivity index (χ3n) is 4.44. The number of rotatable bonds is 6. The van der Waals surface area contributed by atoms with Gasteiger partial charge in [0.15, 0.2) is 5.82 Å². The molecule has 1 aromatic carbocycles. The molecule has 1 fully saturated rings. The lowest BCUT2D eigenvalue weighted by Gasteiger charge is -2.15. The highest BCUT2D eigenvalue weighted by molar-refractivity contribution is 7.99. The van der Waals surface area contributed by atoms with Gasteiger partial charge in [-0.2, -0.15) is 16.3 Å². The molecule has 26 heavy (non-hydrogen) atoms. The maximum absolute atomic E-state index is 12.5. The van der Waals surface area contributed by atoms with Crippen LogP contribution in [0.5, 0.6) is 0 Å². The van der Waals surface area contributed by atoms with E-state index in [2.05, 4.69) is 22.3 Å². The van der Waals surface area contributed by atoms with Crippen molar-refractivity contribution in [3.05, 3.63) is 53.0 Å². The third kappa shape index (κ3) is 3.99. The zero-order chi connectivity index (χ0) is 17.8. The summed E-state index contributed by atoms with van der Waals surface area (Å²) in [4.78, 5) is 20.1. The molecule has 3 heterocycles. The van der Waals surface area contributed by atoms with Crippen LogP contribution in [0.15, 0.2) is 56.6 Å². The van der Waals surface area contributed by atoms with Crippen molar-refractivity contribution in [3.63, 3.8) is 0 Å². The summed E-state index contributed by atoms with van der Waals surface area (Å²) in [6.07, 6.45) is 1.44. The first-order valence-corrected chi connectivity index (χ1v) is 10.5. The molecule has 1 atom stereocenters. The Morgan fingerprint density at radius 1 is 1.31 bits per heavy atom. The Morgan fingerprint density at radius 3 is 3.00 bits per heavy atom. The molecule has 2 aromatic heterocycles. The van der Waals surface area contributed by atoms with E-state index in [1.165, 1.54) is 4.90 Å². The van der Waals surface area contributed by atoms with Gasteiger partial charge in [0.05, 0.1) is 5.56 Å². The molecule has 1 aliphatic rings. The maximum Gasteiger partial charge on any atom is 0.258 e. The molecule has 4 rings (SSSR count). The number of likely N-dealkylation sites (tertiary alicyclic amines) is 1. The van der Waals surface area contributed by atoms with Crippen molar-refractivity contribution in [1.82, 2.24) is 15.0 Å². The number of aromatic nitrogens is 2. The number of nitrogens with zero attached hydrogens (tertiary/aromatic N) is 3. The second-order valence-electron chi connectivity index (χ2n) is 6.21. The highest BCUT2D eigenvalue weighted by atomic mass is 32.2. The minimum atomic E-state index is 0.164. The van der Waals surface area contributed by atoms with E-state index < -0.39 is 0 Å². The summed E-state index contributed by atoms with van der Waals surface area (Å²) in [6, 6.07) is 12.2. The van der Waals surface area contributed by atoms with Crippen molar-refractivity contribution in [1.29, 1.82) is 0 Å². The van der Waals surface area contributed by atoms with E-state index in [4.69, 9.17) is 4.52 Å². The average molecular weight is 386 g/mol. The van der Waals surface area contributed by atoms with Crippen molar-refractivity contribution in [2.75, 3.05) is 18.8 Å². The molecule has 0 N–H and O–H groups in total. The topological polar surface area (TPSA) is 59.2 Å². The van der Waals surface area contributed by atoms with Gasteiger partial charge in [-0.1, -0.05) is 23.4 Å². The fourth-order valence-electron chi connectivity index (χ4n) is 3.03. The van der Waals surface area contributed by atoms with Crippen LogP contribution in [0, 0.1) is 0 Å². The summed E-state index contributed by atoms with van der Waals surface area (Å²) in [6.45, 7) is 1.44. The lowest BCUT2D eigenvalue weighted by Crippen LogP contribution is -2.28. The smallest absolute Gasteiger partial charge is 0.258 e. The average Bonchev–Trinajstić information content (AvgIpc) is 3.42. The third-order valence-corrected chi connectivity index (χ3v) is 6.14. The molecule has 0 aliphatic carbocycles. The van der Waals surface area contributed by atoms with E-state index >= 15 is 0 Å². The molecule has 0 spiro atoms. The van der Waals surface area contributed by atoms with Crippen LogP contribution in [0.4, 0.5) is 0 Å². The molecule has 0 saturated carbocycles. The first-order valence-electron chi connectivity index (χ1n) is 8.61. The molecule has 0 bridgehead atoms. The molecular weight excluding hydrogens is 366 g/mol. The molecule has 1 saturated heterocycles.